The summed E-state index contributed by atoms with van der Waals surface area (Å²) in [5.41, 5.74) is -0.887. The van der Waals surface area contributed by atoms with Crippen LogP contribution >= 0.6 is 11.8 Å². The first-order chi connectivity index (χ1) is 11.0. The topological polar surface area (TPSA) is 58.6 Å². The molecule has 124 valence electrons. The number of rotatable bonds is 8. The summed E-state index contributed by atoms with van der Waals surface area (Å²) >= 11 is 1.67. The highest BCUT2D eigenvalue weighted by Crippen LogP contribution is 2.20. The van der Waals surface area contributed by atoms with E-state index in [-0.39, 0.29) is 19.1 Å². The van der Waals surface area contributed by atoms with Crippen LogP contribution in [-0.2, 0) is 4.79 Å². The molecular weight excluding hydrogens is 310 g/mol. The maximum atomic E-state index is 11.8. The van der Waals surface area contributed by atoms with E-state index >= 15 is 0 Å². The summed E-state index contributed by atoms with van der Waals surface area (Å²) in [6, 6.07) is 13.7. The molecule has 23 heavy (non-hydrogen) atoms. The van der Waals surface area contributed by atoms with E-state index in [1.807, 2.05) is 48.7 Å². The summed E-state index contributed by atoms with van der Waals surface area (Å²) < 4.78 is 5.52. The molecule has 1 atom stereocenters. The number of hydrogen-bond acceptors (Lipinski definition) is 4. The van der Waals surface area contributed by atoms with Crippen molar-refractivity contribution in [2.75, 3.05) is 25.2 Å². The van der Waals surface area contributed by atoms with Crippen molar-refractivity contribution in [3.05, 3.63) is 42.5 Å². The molecular formula is C18H23NO3S. The summed E-state index contributed by atoms with van der Waals surface area (Å²) in [5.74, 6) is 1.28. The highest BCUT2D eigenvalue weighted by atomic mass is 32.2. The van der Waals surface area contributed by atoms with Crippen LogP contribution in [-0.4, -0.2) is 41.8 Å². The first-order valence-corrected chi connectivity index (χ1v) is 8.99. The Morgan fingerprint density at radius 3 is 2.74 bits per heavy atom. The summed E-state index contributed by atoms with van der Waals surface area (Å²) in [5, 5.41) is 15.1. The Balaban J connectivity index is 1.81. The molecule has 0 bridgehead atoms. The van der Waals surface area contributed by atoms with Gasteiger partial charge in [-0.1, -0.05) is 30.3 Å². The predicted molar refractivity (Wildman–Crippen MR) is 96.1 cm³/mol. The first-order valence-electron chi connectivity index (χ1n) is 7.60. The number of fused-ring (bicyclic) bond motifs is 1. The predicted octanol–water partition coefficient (Wildman–Crippen LogP) is 2.84. The maximum Gasteiger partial charge on any atom is 0.258 e. The van der Waals surface area contributed by atoms with Gasteiger partial charge in [-0.2, -0.15) is 11.8 Å². The molecule has 2 rings (SSSR count). The van der Waals surface area contributed by atoms with Crippen LogP contribution in [0.2, 0.25) is 0 Å². The first kappa shape index (κ1) is 17.6. The average molecular weight is 333 g/mol. The molecule has 0 spiro atoms. The highest BCUT2D eigenvalue weighted by Gasteiger charge is 2.20. The normalized spacial score (nSPS) is 13.5. The van der Waals surface area contributed by atoms with E-state index < -0.39 is 5.60 Å². The number of amides is 1. The molecule has 0 aliphatic heterocycles. The molecule has 0 aliphatic rings. The van der Waals surface area contributed by atoms with Crippen LogP contribution in [0.4, 0.5) is 0 Å². The Labute approximate surface area is 141 Å². The van der Waals surface area contributed by atoms with Crippen molar-refractivity contribution in [1.82, 2.24) is 5.32 Å². The monoisotopic (exact) mass is 333 g/mol. The lowest BCUT2D eigenvalue weighted by Crippen LogP contribution is -2.42. The molecule has 0 saturated heterocycles. The molecule has 0 unspecified atom stereocenters. The highest BCUT2D eigenvalue weighted by molar-refractivity contribution is 7.98. The van der Waals surface area contributed by atoms with Gasteiger partial charge in [0.25, 0.3) is 5.91 Å². The fourth-order valence-corrected chi connectivity index (χ4v) is 2.80. The summed E-state index contributed by atoms with van der Waals surface area (Å²) in [4.78, 5) is 11.8. The molecule has 0 aliphatic carbocycles. The third-order valence-corrected chi connectivity index (χ3v) is 4.21. The van der Waals surface area contributed by atoms with Gasteiger partial charge in [-0.25, -0.2) is 0 Å². The molecule has 2 aromatic carbocycles. The van der Waals surface area contributed by atoms with E-state index in [0.29, 0.717) is 12.2 Å². The molecule has 4 nitrogen and oxygen atoms in total. The molecule has 0 heterocycles. The number of nitrogens with one attached hydrogen (secondary N) is 1. The molecule has 0 aromatic heterocycles. The largest absolute Gasteiger partial charge is 0.484 e. The standard InChI is InChI=1S/C18H23NO3S/c1-18(21,9-10-23-2)13-19-17(20)12-22-16-8-7-14-5-3-4-6-15(14)11-16/h3-8,11,21H,9-10,12-13H2,1-2H3,(H,19,20)/t18-/m0/s1. The van der Waals surface area contributed by atoms with Gasteiger partial charge < -0.3 is 15.2 Å². The second-order valence-electron chi connectivity index (χ2n) is 5.81. The number of aliphatic hydroxyl groups is 1. The number of ether oxygens (including phenoxy) is 1. The van der Waals surface area contributed by atoms with E-state index in [1.54, 1.807) is 18.7 Å². The van der Waals surface area contributed by atoms with Gasteiger partial charge in [0.15, 0.2) is 6.61 Å². The second-order valence-corrected chi connectivity index (χ2v) is 6.80. The van der Waals surface area contributed by atoms with Gasteiger partial charge in [0.1, 0.15) is 5.75 Å². The van der Waals surface area contributed by atoms with Crippen LogP contribution in [0.5, 0.6) is 5.75 Å². The molecule has 2 aromatic rings. The number of thioether (sulfide) groups is 1. The zero-order chi connectivity index (χ0) is 16.7. The molecule has 1 amide bonds. The Morgan fingerprint density at radius 1 is 1.26 bits per heavy atom. The Bertz CT molecular complexity index is 658. The van der Waals surface area contributed by atoms with Gasteiger partial charge in [-0.15, -0.1) is 0 Å². The smallest absolute Gasteiger partial charge is 0.258 e. The van der Waals surface area contributed by atoms with Gasteiger partial charge in [-0.05, 0) is 48.3 Å². The van der Waals surface area contributed by atoms with E-state index in [9.17, 15) is 9.90 Å². The number of benzene rings is 2. The van der Waals surface area contributed by atoms with E-state index in [2.05, 4.69) is 5.32 Å². The van der Waals surface area contributed by atoms with Crippen molar-refractivity contribution in [2.45, 2.75) is 18.9 Å². The van der Waals surface area contributed by atoms with Crippen molar-refractivity contribution in [3.8, 4) is 5.75 Å². The Kier molecular flexibility index (Phi) is 6.30. The molecule has 0 radical (unpaired) electrons. The Hall–Kier alpha value is -1.72. The fraction of sp³-hybridized carbons (Fsp3) is 0.389. The SMILES string of the molecule is CSCC[C@](C)(O)CNC(=O)COc1ccc2ccccc2c1. The number of carbonyl (C=O) groups is 1. The number of hydrogen-bond donors (Lipinski definition) is 2. The van der Waals surface area contributed by atoms with Gasteiger partial charge in [0.2, 0.25) is 0 Å². The van der Waals surface area contributed by atoms with Gasteiger partial charge in [0, 0.05) is 6.54 Å². The number of carbonyl (C=O) groups excluding carboxylic acids is 1. The van der Waals surface area contributed by atoms with Crippen molar-refractivity contribution in [2.24, 2.45) is 0 Å². The van der Waals surface area contributed by atoms with E-state index in [0.717, 1.165) is 16.5 Å². The quantitative estimate of drug-likeness (QED) is 0.780. The van der Waals surface area contributed by atoms with Crippen LogP contribution in [0.1, 0.15) is 13.3 Å². The van der Waals surface area contributed by atoms with Gasteiger partial charge in [0.05, 0.1) is 5.60 Å². The zero-order valence-corrected chi connectivity index (χ0v) is 14.4. The lowest BCUT2D eigenvalue weighted by Gasteiger charge is -2.23. The summed E-state index contributed by atoms with van der Waals surface area (Å²) in [7, 11) is 0. The van der Waals surface area contributed by atoms with Crippen molar-refractivity contribution >= 4 is 28.4 Å². The molecule has 0 fully saturated rings. The van der Waals surface area contributed by atoms with Crippen molar-refractivity contribution < 1.29 is 14.6 Å². The van der Waals surface area contributed by atoms with Crippen LogP contribution in [0.3, 0.4) is 0 Å². The lowest BCUT2D eigenvalue weighted by atomic mass is 10.0. The van der Waals surface area contributed by atoms with Crippen LogP contribution in [0, 0.1) is 0 Å². The molecule has 5 heteroatoms. The molecule has 2 N–H and O–H groups in total. The summed E-state index contributed by atoms with van der Waals surface area (Å²) in [6.07, 6.45) is 2.63. The van der Waals surface area contributed by atoms with Crippen LogP contribution in [0.15, 0.2) is 42.5 Å². The average Bonchev–Trinajstić information content (AvgIpc) is 2.56. The summed E-state index contributed by atoms with van der Waals surface area (Å²) in [6.45, 7) is 1.90. The van der Waals surface area contributed by atoms with Gasteiger partial charge >= 0.3 is 0 Å². The Morgan fingerprint density at radius 2 is 2.00 bits per heavy atom. The van der Waals surface area contributed by atoms with Crippen molar-refractivity contribution in [3.63, 3.8) is 0 Å². The van der Waals surface area contributed by atoms with E-state index in [1.165, 1.54) is 0 Å². The van der Waals surface area contributed by atoms with E-state index in [4.69, 9.17) is 4.74 Å². The molecule has 0 saturated carbocycles. The fourth-order valence-electron chi connectivity index (χ4n) is 2.16. The third kappa shape index (κ3) is 5.77. The third-order valence-electron chi connectivity index (χ3n) is 3.60. The van der Waals surface area contributed by atoms with Crippen LogP contribution in [0.25, 0.3) is 10.8 Å². The second kappa shape index (κ2) is 8.22. The zero-order valence-electron chi connectivity index (χ0n) is 13.5. The van der Waals surface area contributed by atoms with Gasteiger partial charge in [-0.3, -0.25) is 4.79 Å². The minimum absolute atomic E-state index is 0.0586. The van der Waals surface area contributed by atoms with Crippen molar-refractivity contribution in [1.29, 1.82) is 0 Å². The maximum absolute atomic E-state index is 11.8. The minimum atomic E-state index is -0.887. The minimum Gasteiger partial charge on any atom is -0.484 e. The van der Waals surface area contributed by atoms with Crippen LogP contribution < -0.4 is 10.1 Å². The lowest BCUT2D eigenvalue weighted by molar-refractivity contribution is -0.124.